The lowest BCUT2D eigenvalue weighted by Crippen LogP contribution is -2.51. The molecule has 7 nitrogen and oxygen atoms in total. The van der Waals surface area contributed by atoms with Gasteiger partial charge >= 0.3 is 0 Å². The van der Waals surface area contributed by atoms with E-state index in [9.17, 15) is 9.59 Å². The minimum atomic E-state index is -0.592. The summed E-state index contributed by atoms with van der Waals surface area (Å²) in [7, 11) is 0. The van der Waals surface area contributed by atoms with Crippen LogP contribution < -0.4 is 5.32 Å². The van der Waals surface area contributed by atoms with Crippen molar-refractivity contribution >= 4 is 34.2 Å². The van der Waals surface area contributed by atoms with Crippen LogP contribution in [0.2, 0.25) is 0 Å². The molecule has 3 aromatic heterocycles. The predicted octanol–water partition coefficient (Wildman–Crippen LogP) is 2.39. The summed E-state index contributed by atoms with van der Waals surface area (Å²) in [6.07, 6.45) is 3.29. The molecule has 1 aliphatic heterocycles. The van der Waals surface area contributed by atoms with Crippen LogP contribution in [0.4, 0.5) is 0 Å². The minimum absolute atomic E-state index is 0.145. The molecule has 134 valence electrons. The monoisotopic (exact) mass is 369 g/mol. The van der Waals surface area contributed by atoms with Crippen molar-refractivity contribution in [3.63, 3.8) is 0 Å². The summed E-state index contributed by atoms with van der Waals surface area (Å²) >= 11 is 1.47. The van der Waals surface area contributed by atoms with Gasteiger partial charge in [0.25, 0.3) is 5.91 Å². The highest BCUT2D eigenvalue weighted by atomic mass is 32.1. The lowest BCUT2D eigenvalue weighted by molar-refractivity contribution is -0.127. The number of amides is 2. The van der Waals surface area contributed by atoms with E-state index in [1.807, 2.05) is 36.0 Å². The van der Waals surface area contributed by atoms with Crippen LogP contribution in [0.25, 0.3) is 11.0 Å². The van der Waals surface area contributed by atoms with Gasteiger partial charge in [0.1, 0.15) is 6.04 Å². The maximum atomic E-state index is 13.1. The smallest absolute Gasteiger partial charge is 0.256 e. The van der Waals surface area contributed by atoms with Crippen molar-refractivity contribution in [2.45, 2.75) is 25.9 Å². The molecule has 1 unspecified atom stereocenters. The first kappa shape index (κ1) is 16.7. The number of thiophene rings is 1. The summed E-state index contributed by atoms with van der Waals surface area (Å²) in [6.45, 7) is 4.99. The number of fused-ring (bicyclic) bond motifs is 1. The molecular weight excluding hydrogens is 350 g/mol. The first-order chi connectivity index (χ1) is 12.6. The molecule has 1 saturated heterocycles. The third kappa shape index (κ3) is 2.76. The number of piperazine rings is 1. The number of carbonyl (C=O) groups is 2. The first-order valence-corrected chi connectivity index (χ1v) is 9.39. The number of aromatic nitrogens is 3. The molecule has 0 saturated carbocycles. The summed E-state index contributed by atoms with van der Waals surface area (Å²) in [4.78, 5) is 32.4. The summed E-state index contributed by atoms with van der Waals surface area (Å²) in [5.41, 5.74) is 1.22. The topological polar surface area (TPSA) is 80.1 Å². The standard InChI is InChI=1S/C18H19N5O2S/c1-11(2)23-16-12(10-21-23)8-13(9-20-16)18(25)22-6-5-19-17(24)15(22)14-4-3-7-26-14/h3-4,7-11,15H,5-6H2,1-2H3,(H,19,24). The molecule has 1 N–H and O–H groups in total. The number of rotatable bonds is 3. The van der Waals surface area contributed by atoms with E-state index in [-0.39, 0.29) is 17.9 Å². The van der Waals surface area contributed by atoms with E-state index in [0.29, 0.717) is 18.7 Å². The highest BCUT2D eigenvalue weighted by Crippen LogP contribution is 2.29. The number of hydrogen-bond donors (Lipinski definition) is 1. The summed E-state index contributed by atoms with van der Waals surface area (Å²) in [5.74, 6) is -0.335. The maximum absolute atomic E-state index is 13.1. The minimum Gasteiger partial charge on any atom is -0.352 e. The molecule has 1 fully saturated rings. The fourth-order valence-electron chi connectivity index (χ4n) is 3.22. The van der Waals surface area contributed by atoms with Crippen LogP contribution in [0.5, 0.6) is 0 Å². The zero-order chi connectivity index (χ0) is 18.3. The molecule has 0 bridgehead atoms. The Labute approximate surface area is 154 Å². The number of nitrogens with one attached hydrogen (secondary N) is 1. The van der Waals surface area contributed by atoms with Crippen LogP contribution in [0.1, 0.15) is 41.2 Å². The quantitative estimate of drug-likeness (QED) is 0.769. The molecule has 26 heavy (non-hydrogen) atoms. The van der Waals surface area contributed by atoms with Crippen molar-refractivity contribution in [2.24, 2.45) is 0 Å². The Hall–Kier alpha value is -2.74. The number of carbonyl (C=O) groups excluding carboxylic acids is 2. The van der Waals surface area contributed by atoms with Crippen molar-refractivity contribution < 1.29 is 9.59 Å². The SMILES string of the molecule is CC(C)n1ncc2cc(C(=O)N3CCNC(=O)C3c3cccs3)cnc21. The van der Waals surface area contributed by atoms with Gasteiger partial charge < -0.3 is 10.2 Å². The zero-order valence-electron chi connectivity index (χ0n) is 14.5. The fourth-order valence-corrected chi connectivity index (χ4v) is 4.05. The maximum Gasteiger partial charge on any atom is 0.256 e. The Balaban J connectivity index is 1.69. The van der Waals surface area contributed by atoms with Gasteiger partial charge in [0, 0.05) is 35.6 Å². The van der Waals surface area contributed by atoms with Crippen LogP contribution in [0, 0.1) is 0 Å². The largest absolute Gasteiger partial charge is 0.352 e. The van der Waals surface area contributed by atoms with Gasteiger partial charge in [-0.1, -0.05) is 6.07 Å². The van der Waals surface area contributed by atoms with Gasteiger partial charge in [0.05, 0.1) is 11.8 Å². The Kier molecular flexibility index (Phi) is 4.20. The summed E-state index contributed by atoms with van der Waals surface area (Å²) in [6, 6.07) is 5.17. The molecule has 1 aliphatic rings. The Morgan fingerprint density at radius 2 is 2.23 bits per heavy atom. The van der Waals surface area contributed by atoms with Gasteiger partial charge in [-0.2, -0.15) is 5.10 Å². The van der Waals surface area contributed by atoms with Crippen LogP contribution in [-0.4, -0.2) is 44.6 Å². The van der Waals surface area contributed by atoms with Crippen LogP contribution in [0.3, 0.4) is 0 Å². The van der Waals surface area contributed by atoms with Crippen LogP contribution in [-0.2, 0) is 4.79 Å². The van der Waals surface area contributed by atoms with Crippen LogP contribution in [0.15, 0.2) is 36.0 Å². The summed E-state index contributed by atoms with van der Waals surface area (Å²) < 4.78 is 1.83. The van der Waals surface area contributed by atoms with E-state index in [2.05, 4.69) is 15.4 Å². The number of pyridine rings is 1. The fraction of sp³-hybridized carbons (Fsp3) is 0.333. The molecule has 1 atom stereocenters. The first-order valence-electron chi connectivity index (χ1n) is 8.51. The van der Waals surface area contributed by atoms with E-state index < -0.39 is 6.04 Å². The normalized spacial score (nSPS) is 17.7. The number of nitrogens with zero attached hydrogens (tertiary/aromatic N) is 4. The van der Waals surface area contributed by atoms with E-state index in [4.69, 9.17) is 0 Å². The average Bonchev–Trinajstić information content (AvgIpc) is 3.29. The molecule has 0 radical (unpaired) electrons. The molecule has 0 spiro atoms. The van der Waals surface area contributed by atoms with Gasteiger partial charge in [0.15, 0.2) is 5.65 Å². The van der Waals surface area contributed by atoms with E-state index in [0.717, 1.165) is 15.9 Å². The van der Waals surface area contributed by atoms with E-state index >= 15 is 0 Å². The Bertz CT molecular complexity index is 963. The molecule has 2 amide bonds. The molecule has 3 aromatic rings. The molecule has 4 rings (SSSR count). The Morgan fingerprint density at radius 3 is 2.96 bits per heavy atom. The molecular formula is C18H19N5O2S. The van der Waals surface area contributed by atoms with Gasteiger partial charge in [-0.05, 0) is 31.4 Å². The van der Waals surface area contributed by atoms with Gasteiger partial charge in [-0.25, -0.2) is 9.67 Å². The second-order valence-electron chi connectivity index (χ2n) is 6.53. The number of hydrogen-bond acceptors (Lipinski definition) is 5. The van der Waals surface area contributed by atoms with Gasteiger partial charge in [-0.15, -0.1) is 11.3 Å². The van der Waals surface area contributed by atoms with Crippen molar-refractivity contribution in [1.82, 2.24) is 25.0 Å². The van der Waals surface area contributed by atoms with E-state index in [1.54, 1.807) is 23.4 Å². The van der Waals surface area contributed by atoms with Crippen molar-refractivity contribution in [3.05, 3.63) is 46.4 Å². The lowest BCUT2D eigenvalue weighted by atomic mass is 10.1. The van der Waals surface area contributed by atoms with Crippen molar-refractivity contribution in [2.75, 3.05) is 13.1 Å². The highest BCUT2D eigenvalue weighted by Gasteiger charge is 2.35. The lowest BCUT2D eigenvalue weighted by Gasteiger charge is -2.34. The highest BCUT2D eigenvalue weighted by molar-refractivity contribution is 7.10. The molecule has 4 heterocycles. The van der Waals surface area contributed by atoms with Crippen LogP contribution >= 0.6 is 11.3 Å². The third-order valence-corrected chi connectivity index (χ3v) is 5.38. The van der Waals surface area contributed by atoms with Crippen molar-refractivity contribution in [3.8, 4) is 0 Å². The van der Waals surface area contributed by atoms with Gasteiger partial charge in [0.2, 0.25) is 5.91 Å². The Morgan fingerprint density at radius 1 is 1.38 bits per heavy atom. The molecule has 0 aliphatic carbocycles. The van der Waals surface area contributed by atoms with E-state index in [1.165, 1.54) is 11.3 Å². The van der Waals surface area contributed by atoms with Crippen molar-refractivity contribution in [1.29, 1.82) is 0 Å². The predicted molar refractivity (Wildman–Crippen MR) is 99.0 cm³/mol. The average molecular weight is 369 g/mol. The second kappa shape index (κ2) is 6.53. The molecule has 0 aromatic carbocycles. The molecule has 8 heteroatoms. The third-order valence-electron chi connectivity index (χ3n) is 4.45. The zero-order valence-corrected chi connectivity index (χ0v) is 15.4. The summed E-state index contributed by atoms with van der Waals surface area (Å²) in [5, 5.41) is 9.92. The van der Waals surface area contributed by atoms with Gasteiger partial charge in [-0.3, -0.25) is 9.59 Å². The second-order valence-corrected chi connectivity index (χ2v) is 7.51.